The van der Waals surface area contributed by atoms with Gasteiger partial charge in [0.05, 0.1) is 0 Å². The van der Waals surface area contributed by atoms with E-state index in [1.807, 2.05) is 0 Å². The minimum absolute atomic E-state index is 0.238. The third kappa shape index (κ3) is 2.37. The number of benzene rings is 2. The Labute approximate surface area is 104 Å². The van der Waals surface area contributed by atoms with E-state index in [4.69, 9.17) is 23.2 Å². The minimum atomic E-state index is -0.238. The standard InChI is InChI=1S/C13H9Cl2F/c14-11-5-3-6-12(15)10(11)8-9-4-1-2-7-13(9)16/h1-7H,8H2. The molecule has 0 aromatic heterocycles. The van der Waals surface area contributed by atoms with Gasteiger partial charge in [0.2, 0.25) is 0 Å². The molecule has 2 rings (SSSR count). The molecule has 0 N–H and O–H groups in total. The molecule has 0 saturated heterocycles. The van der Waals surface area contributed by atoms with Crippen LogP contribution in [0.1, 0.15) is 11.1 Å². The van der Waals surface area contributed by atoms with Gasteiger partial charge in [0.25, 0.3) is 0 Å². The first-order chi connectivity index (χ1) is 7.68. The molecule has 3 heteroatoms. The predicted octanol–water partition coefficient (Wildman–Crippen LogP) is 4.72. The Morgan fingerprint density at radius 2 is 1.50 bits per heavy atom. The molecule has 0 nitrogen and oxygen atoms in total. The van der Waals surface area contributed by atoms with Gasteiger partial charge < -0.3 is 0 Å². The van der Waals surface area contributed by atoms with Crippen molar-refractivity contribution in [2.24, 2.45) is 0 Å². The van der Waals surface area contributed by atoms with Crippen molar-refractivity contribution in [1.29, 1.82) is 0 Å². The minimum Gasteiger partial charge on any atom is -0.207 e. The van der Waals surface area contributed by atoms with Crippen LogP contribution in [0.15, 0.2) is 42.5 Å². The van der Waals surface area contributed by atoms with Gasteiger partial charge in [-0.2, -0.15) is 0 Å². The fourth-order valence-electron chi connectivity index (χ4n) is 1.53. The van der Waals surface area contributed by atoms with Gasteiger partial charge in [0.1, 0.15) is 5.82 Å². The summed E-state index contributed by atoms with van der Waals surface area (Å²) in [5.41, 5.74) is 1.36. The third-order valence-electron chi connectivity index (χ3n) is 2.39. The molecule has 0 aliphatic heterocycles. The van der Waals surface area contributed by atoms with E-state index in [0.29, 0.717) is 22.0 Å². The van der Waals surface area contributed by atoms with Crippen molar-refractivity contribution >= 4 is 23.2 Å². The van der Waals surface area contributed by atoms with Crippen molar-refractivity contribution in [3.63, 3.8) is 0 Å². The van der Waals surface area contributed by atoms with Crippen LogP contribution in [0.4, 0.5) is 4.39 Å². The van der Waals surface area contributed by atoms with Gasteiger partial charge in [0, 0.05) is 16.5 Å². The molecule has 0 saturated carbocycles. The monoisotopic (exact) mass is 254 g/mol. The lowest BCUT2D eigenvalue weighted by molar-refractivity contribution is 0.614. The maximum absolute atomic E-state index is 13.5. The number of hydrogen-bond donors (Lipinski definition) is 0. The quantitative estimate of drug-likeness (QED) is 0.728. The topological polar surface area (TPSA) is 0 Å². The molecule has 0 radical (unpaired) electrons. The highest BCUT2D eigenvalue weighted by Gasteiger charge is 2.08. The molecule has 0 fully saturated rings. The van der Waals surface area contributed by atoms with E-state index in [1.165, 1.54) is 6.07 Å². The van der Waals surface area contributed by atoms with E-state index in [0.717, 1.165) is 5.56 Å². The Kier molecular flexibility index (Phi) is 3.47. The molecule has 82 valence electrons. The van der Waals surface area contributed by atoms with Crippen molar-refractivity contribution in [2.75, 3.05) is 0 Å². The van der Waals surface area contributed by atoms with E-state index in [1.54, 1.807) is 36.4 Å². The Balaban J connectivity index is 2.38. The highest BCUT2D eigenvalue weighted by atomic mass is 35.5. The smallest absolute Gasteiger partial charge is 0.126 e. The molecular weight excluding hydrogens is 246 g/mol. The van der Waals surface area contributed by atoms with Crippen molar-refractivity contribution in [3.05, 3.63) is 69.5 Å². The van der Waals surface area contributed by atoms with Crippen LogP contribution in [0.5, 0.6) is 0 Å². The van der Waals surface area contributed by atoms with Crippen molar-refractivity contribution < 1.29 is 4.39 Å². The molecule has 0 spiro atoms. The van der Waals surface area contributed by atoms with Crippen LogP contribution in [0.3, 0.4) is 0 Å². The van der Waals surface area contributed by atoms with Gasteiger partial charge in [-0.3, -0.25) is 0 Å². The van der Waals surface area contributed by atoms with Crippen LogP contribution in [-0.2, 0) is 6.42 Å². The second kappa shape index (κ2) is 4.86. The lowest BCUT2D eigenvalue weighted by atomic mass is 10.0. The average molecular weight is 255 g/mol. The Hall–Kier alpha value is -1.05. The Morgan fingerprint density at radius 1 is 0.875 bits per heavy atom. The molecule has 0 unspecified atom stereocenters. The number of rotatable bonds is 2. The summed E-state index contributed by atoms with van der Waals surface area (Å²) in [5.74, 6) is -0.238. The molecular formula is C13H9Cl2F. The molecule has 2 aromatic rings. The fourth-order valence-corrected chi connectivity index (χ4v) is 2.06. The fraction of sp³-hybridized carbons (Fsp3) is 0.0769. The van der Waals surface area contributed by atoms with Crippen LogP contribution in [0, 0.1) is 5.82 Å². The zero-order valence-corrected chi connectivity index (χ0v) is 9.89. The van der Waals surface area contributed by atoms with Crippen molar-refractivity contribution in [1.82, 2.24) is 0 Å². The van der Waals surface area contributed by atoms with E-state index >= 15 is 0 Å². The first-order valence-electron chi connectivity index (χ1n) is 4.85. The highest BCUT2D eigenvalue weighted by molar-refractivity contribution is 6.36. The molecule has 0 amide bonds. The molecule has 2 aromatic carbocycles. The molecule has 0 bridgehead atoms. The molecule has 0 atom stereocenters. The first-order valence-corrected chi connectivity index (χ1v) is 5.60. The summed E-state index contributed by atoms with van der Waals surface area (Å²) in [6.45, 7) is 0. The van der Waals surface area contributed by atoms with Gasteiger partial charge in [-0.05, 0) is 29.3 Å². The second-order valence-corrected chi connectivity index (χ2v) is 4.28. The summed E-state index contributed by atoms with van der Waals surface area (Å²) in [4.78, 5) is 0. The van der Waals surface area contributed by atoms with Crippen molar-refractivity contribution in [3.8, 4) is 0 Å². The molecule has 0 heterocycles. The van der Waals surface area contributed by atoms with Crippen LogP contribution in [-0.4, -0.2) is 0 Å². The molecule has 0 aliphatic rings. The summed E-state index contributed by atoms with van der Waals surface area (Å²) in [5, 5.41) is 1.13. The first kappa shape index (κ1) is 11.4. The summed E-state index contributed by atoms with van der Waals surface area (Å²) in [6, 6.07) is 11.9. The zero-order valence-electron chi connectivity index (χ0n) is 8.38. The maximum atomic E-state index is 13.5. The van der Waals surface area contributed by atoms with Gasteiger partial charge >= 0.3 is 0 Å². The lowest BCUT2D eigenvalue weighted by Crippen LogP contribution is -1.94. The number of hydrogen-bond acceptors (Lipinski definition) is 0. The van der Waals surface area contributed by atoms with E-state index in [-0.39, 0.29) is 5.82 Å². The highest BCUT2D eigenvalue weighted by Crippen LogP contribution is 2.27. The largest absolute Gasteiger partial charge is 0.207 e. The van der Waals surface area contributed by atoms with E-state index in [2.05, 4.69) is 0 Å². The van der Waals surface area contributed by atoms with Crippen LogP contribution in [0.2, 0.25) is 10.0 Å². The van der Waals surface area contributed by atoms with Crippen LogP contribution < -0.4 is 0 Å². The summed E-state index contributed by atoms with van der Waals surface area (Å²) in [6.07, 6.45) is 0.408. The Bertz CT molecular complexity index is 489. The van der Waals surface area contributed by atoms with Gasteiger partial charge in [-0.15, -0.1) is 0 Å². The third-order valence-corrected chi connectivity index (χ3v) is 3.09. The van der Waals surface area contributed by atoms with E-state index in [9.17, 15) is 4.39 Å². The SMILES string of the molecule is Fc1ccccc1Cc1c(Cl)cccc1Cl. The van der Waals surface area contributed by atoms with Crippen LogP contribution >= 0.6 is 23.2 Å². The summed E-state index contributed by atoms with van der Waals surface area (Å²) in [7, 11) is 0. The predicted molar refractivity (Wildman–Crippen MR) is 65.7 cm³/mol. The number of halogens is 3. The van der Waals surface area contributed by atoms with Gasteiger partial charge in [-0.25, -0.2) is 4.39 Å². The zero-order chi connectivity index (χ0) is 11.5. The Morgan fingerprint density at radius 3 is 2.12 bits per heavy atom. The van der Waals surface area contributed by atoms with Crippen LogP contribution in [0.25, 0.3) is 0 Å². The summed E-state index contributed by atoms with van der Waals surface area (Å²) < 4.78 is 13.5. The van der Waals surface area contributed by atoms with Crippen molar-refractivity contribution in [2.45, 2.75) is 6.42 Å². The van der Waals surface area contributed by atoms with E-state index < -0.39 is 0 Å². The average Bonchev–Trinajstić information content (AvgIpc) is 2.26. The summed E-state index contributed by atoms with van der Waals surface area (Å²) >= 11 is 12.0. The lowest BCUT2D eigenvalue weighted by Gasteiger charge is -2.07. The maximum Gasteiger partial charge on any atom is 0.126 e. The van der Waals surface area contributed by atoms with Gasteiger partial charge in [-0.1, -0.05) is 47.5 Å². The molecule has 16 heavy (non-hydrogen) atoms. The second-order valence-electron chi connectivity index (χ2n) is 3.47. The molecule has 0 aliphatic carbocycles. The normalized spacial score (nSPS) is 10.4. The van der Waals surface area contributed by atoms with Gasteiger partial charge in [0.15, 0.2) is 0 Å².